The molecule has 0 heterocycles. The molecule has 0 saturated heterocycles. The number of aliphatic carboxylic acids is 2. The van der Waals surface area contributed by atoms with Crippen molar-refractivity contribution in [1.29, 1.82) is 0 Å². The van der Waals surface area contributed by atoms with Gasteiger partial charge in [-0.25, -0.2) is 0 Å². The Balaban J connectivity index is -0.000000481. The van der Waals surface area contributed by atoms with Gasteiger partial charge in [0.05, 0.1) is 0 Å². The van der Waals surface area contributed by atoms with Crippen molar-refractivity contribution in [3.63, 3.8) is 0 Å². The van der Waals surface area contributed by atoms with Gasteiger partial charge < -0.3 is 10.2 Å². The van der Waals surface area contributed by atoms with Crippen LogP contribution in [0.2, 0.25) is 7.96 Å². The van der Waals surface area contributed by atoms with Crippen LogP contribution in [-0.4, -0.2) is 46.4 Å². The Morgan fingerprint density at radius 3 is 0.892 bits per heavy atom. The Bertz CT molecular complexity index is 391. The normalized spacial score (nSPS) is 10.3. The molecule has 4 nitrogen and oxygen atoms in total. The Morgan fingerprint density at radius 1 is 0.405 bits per heavy atom. The molecule has 0 aromatic rings. The van der Waals surface area contributed by atoms with Crippen molar-refractivity contribution in [3.8, 4) is 0 Å². The fourth-order valence-electron chi connectivity index (χ4n) is 3.90. The van der Waals surface area contributed by atoms with Crippen molar-refractivity contribution < 1.29 is 19.8 Å². The van der Waals surface area contributed by atoms with Crippen molar-refractivity contribution >= 4 is 36.2 Å². The van der Waals surface area contributed by atoms with Crippen LogP contribution >= 0.6 is 0 Å². The summed E-state index contributed by atoms with van der Waals surface area (Å²) < 4.78 is 3.30. The number of hydrogen-bond acceptors (Lipinski definition) is 2. The first-order chi connectivity index (χ1) is 18.0. The van der Waals surface area contributed by atoms with Crippen molar-refractivity contribution in [2.24, 2.45) is 0 Å². The van der Waals surface area contributed by atoms with Crippen LogP contribution in [0.5, 0.6) is 0 Å². The van der Waals surface area contributed by atoms with E-state index in [0.29, 0.717) is 12.8 Å². The molecule has 2 N–H and O–H groups in total. The zero-order valence-electron chi connectivity index (χ0n) is 25.6. The molecule has 0 aliphatic rings. The van der Waals surface area contributed by atoms with Gasteiger partial charge in [-0.05, 0) is 12.8 Å². The van der Waals surface area contributed by atoms with Crippen molar-refractivity contribution in [2.75, 3.05) is 0 Å². The van der Waals surface area contributed by atoms with Crippen molar-refractivity contribution in [1.82, 2.24) is 0 Å². The van der Waals surface area contributed by atoms with E-state index in [1.807, 2.05) is 0 Å². The van der Waals surface area contributed by atoms with E-state index in [-0.39, 0.29) is 24.2 Å². The third kappa shape index (κ3) is 53.0. The molecule has 0 bridgehead atoms. The standard InChI is InChI=1S/2C12H24O2.2C4H9.Pb/c2*1-2-3-4-5-6-7-8-9-10-11-12(13)14;2*1-3-4-2;/h2*2-11H2,1H3,(H,13,14);2*1,3-4H2,2H3;. The van der Waals surface area contributed by atoms with Gasteiger partial charge in [-0.3, -0.25) is 9.59 Å². The Kier molecular flexibility index (Phi) is 45.1. The second-order valence-electron chi connectivity index (χ2n) is 10.4. The van der Waals surface area contributed by atoms with Gasteiger partial charge in [-0.2, -0.15) is 0 Å². The van der Waals surface area contributed by atoms with E-state index >= 15 is 0 Å². The monoisotopic (exact) mass is 722 g/mol. The molecule has 0 atom stereocenters. The second kappa shape index (κ2) is 40.4. The average Bonchev–Trinajstić information content (AvgIpc) is 2.87. The molecule has 0 aliphatic carbocycles. The summed E-state index contributed by atoms with van der Waals surface area (Å²) in [4.78, 5) is 20.4. The van der Waals surface area contributed by atoms with Gasteiger partial charge in [0.25, 0.3) is 0 Å². The van der Waals surface area contributed by atoms with Gasteiger partial charge in [-0.15, -0.1) is 0 Å². The molecule has 37 heavy (non-hydrogen) atoms. The third-order valence-corrected chi connectivity index (χ3v) is 11.9. The zero-order valence-corrected chi connectivity index (χ0v) is 29.5. The van der Waals surface area contributed by atoms with Gasteiger partial charge in [-0.1, -0.05) is 117 Å². The number of carboxylic acid groups (broad SMARTS) is 2. The van der Waals surface area contributed by atoms with E-state index in [1.54, 1.807) is 7.96 Å². The van der Waals surface area contributed by atoms with E-state index in [4.69, 9.17) is 10.2 Å². The Hall–Kier alpha value is -0.138. The van der Waals surface area contributed by atoms with Gasteiger partial charge in [0.15, 0.2) is 0 Å². The molecule has 0 fully saturated rings. The molecule has 0 aromatic heterocycles. The van der Waals surface area contributed by atoms with Crippen LogP contribution in [0.1, 0.15) is 182 Å². The summed E-state index contributed by atoms with van der Waals surface area (Å²) in [5, 5.41) is 16.8. The Morgan fingerprint density at radius 2 is 0.649 bits per heavy atom. The van der Waals surface area contributed by atoms with Gasteiger partial charge >= 0.3 is 83.7 Å². The first-order valence-electron chi connectivity index (χ1n) is 16.1. The summed E-state index contributed by atoms with van der Waals surface area (Å²) in [5.74, 6) is -1.32. The quantitative estimate of drug-likeness (QED) is 0.0689. The first-order valence-corrected chi connectivity index (χ1v) is 21.6. The molecule has 0 spiro atoms. The van der Waals surface area contributed by atoms with Crippen LogP contribution < -0.4 is 0 Å². The SMILES string of the molecule is CCCCCCCCCCCC(=O)O.CCCCCCCCCCCC(=O)O.CCC[CH2][Pb][CH2]CCC. The fourth-order valence-corrected chi connectivity index (χ4v) is 9.57. The molecule has 0 aromatic carbocycles. The second-order valence-corrected chi connectivity index (χ2v) is 16.2. The topological polar surface area (TPSA) is 74.6 Å². The predicted molar refractivity (Wildman–Crippen MR) is 164 cm³/mol. The van der Waals surface area contributed by atoms with Crippen LogP contribution in [0.4, 0.5) is 0 Å². The summed E-state index contributed by atoms with van der Waals surface area (Å²) in [6.07, 6.45) is 28.8. The summed E-state index contributed by atoms with van der Waals surface area (Å²) in [5.41, 5.74) is 0. The molecular formula is C32H66O4Pb. The number of carbonyl (C=O) groups is 2. The van der Waals surface area contributed by atoms with Crippen molar-refractivity contribution in [3.05, 3.63) is 0 Å². The summed E-state index contributed by atoms with van der Waals surface area (Å²) in [7, 11) is 0. The van der Waals surface area contributed by atoms with Crippen LogP contribution in [0.3, 0.4) is 0 Å². The molecule has 0 amide bonds. The maximum atomic E-state index is 10.2. The van der Waals surface area contributed by atoms with Gasteiger partial charge in [0, 0.05) is 12.8 Å². The van der Waals surface area contributed by atoms with E-state index in [9.17, 15) is 9.59 Å². The number of rotatable bonds is 26. The first kappa shape index (κ1) is 41.3. The minimum absolute atomic E-state index is 0.0390. The van der Waals surface area contributed by atoms with E-state index in [2.05, 4.69) is 27.7 Å². The van der Waals surface area contributed by atoms with E-state index in [1.165, 1.54) is 116 Å². The predicted octanol–water partition coefficient (Wildman–Crippen LogP) is 11.1. The number of carboxylic acids is 2. The number of hydrogen-bond donors (Lipinski definition) is 2. The van der Waals surface area contributed by atoms with E-state index < -0.39 is 11.9 Å². The zero-order chi connectivity index (χ0) is 28.2. The van der Waals surface area contributed by atoms with Crippen molar-refractivity contribution in [2.45, 2.75) is 190 Å². The fraction of sp³-hybridized carbons (Fsp3) is 0.938. The van der Waals surface area contributed by atoms with Crippen LogP contribution in [-0.2, 0) is 9.59 Å². The summed E-state index contributed by atoms with van der Waals surface area (Å²) in [6.45, 7) is 9.05. The average molecular weight is 722 g/mol. The van der Waals surface area contributed by atoms with E-state index in [0.717, 1.165) is 25.7 Å². The minimum atomic E-state index is -0.659. The molecule has 2 radical (unpaired) electrons. The summed E-state index contributed by atoms with van der Waals surface area (Å²) in [6, 6.07) is 0. The molecule has 222 valence electrons. The Labute approximate surface area is 244 Å². The van der Waals surface area contributed by atoms with Gasteiger partial charge in [0.1, 0.15) is 0 Å². The maximum absolute atomic E-state index is 10.2. The molecule has 0 aliphatic heterocycles. The molecular weight excluding hydrogens is 656 g/mol. The molecule has 0 unspecified atom stereocenters. The molecule has 5 heteroatoms. The van der Waals surface area contributed by atoms with Crippen LogP contribution in [0.15, 0.2) is 0 Å². The summed E-state index contributed by atoms with van der Waals surface area (Å²) >= 11 is -0.0390. The van der Waals surface area contributed by atoms with Crippen LogP contribution in [0, 0.1) is 0 Å². The third-order valence-electron chi connectivity index (χ3n) is 6.40. The number of unbranched alkanes of at least 4 members (excludes halogenated alkanes) is 18. The molecule has 0 saturated carbocycles. The van der Waals surface area contributed by atoms with Gasteiger partial charge in [0.2, 0.25) is 0 Å². The van der Waals surface area contributed by atoms with Crippen LogP contribution in [0.25, 0.3) is 0 Å². The molecule has 0 rings (SSSR count).